The number of aryl methyl sites for hydroxylation is 1. The minimum Gasteiger partial charge on any atom is -0.396 e. The van der Waals surface area contributed by atoms with Crippen molar-refractivity contribution in [2.24, 2.45) is 12.1 Å². The summed E-state index contributed by atoms with van der Waals surface area (Å²) in [6, 6.07) is -0.134. The molecule has 0 saturated carbocycles. The lowest BCUT2D eigenvalue weighted by Gasteiger charge is -2.29. The van der Waals surface area contributed by atoms with Gasteiger partial charge in [0.05, 0.1) is 11.8 Å². The molecule has 1 aliphatic heterocycles. The van der Waals surface area contributed by atoms with Crippen LogP contribution in [0.25, 0.3) is 11.2 Å². The van der Waals surface area contributed by atoms with E-state index >= 15 is 0 Å². The Morgan fingerprint density at radius 1 is 1.24 bits per heavy atom. The Kier molecular flexibility index (Phi) is 4.51. The number of aromatic nitrogens is 4. The Bertz CT molecular complexity index is 951. The largest absolute Gasteiger partial charge is 0.396 e. The lowest BCUT2D eigenvalue weighted by molar-refractivity contribution is 0.289. The van der Waals surface area contributed by atoms with Crippen molar-refractivity contribution in [3.8, 4) is 0 Å². The smallest absolute Gasteiger partial charge is 0.332 e. The predicted octanol–water partition coefficient (Wildman–Crippen LogP) is 0.446. The Hall–Kier alpha value is -2.42. The van der Waals surface area contributed by atoms with Crippen molar-refractivity contribution in [3.05, 3.63) is 20.8 Å². The molecule has 2 aromatic heterocycles. The number of imidazole rings is 1. The first-order valence-electron chi connectivity index (χ1n) is 8.57. The molecule has 0 aromatic carbocycles. The first kappa shape index (κ1) is 17.4. The fourth-order valence-corrected chi connectivity index (χ4v) is 3.17. The third-order valence-electron chi connectivity index (χ3n) is 4.63. The minimum atomic E-state index is -0.359. The van der Waals surface area contributed by atoms with Crippen LogP contribution in [0.1, 0.15) is 39.7 Å². The standard InChI is InChI=1S/C16H24N6O3/c1-5-7-20-14(24)12-13(19(4)16(20)25)17-15-21(8-6-9-23)18-10(2)11(3)22(12)15/h11,23H,5-9H2,1-4H3/t11-/m1/s1. The molecule has 2 aromatic rings. The second kappa shape index (κ2) is 6.47. The fraction of sp³-hybridized carbons (Fsp3) is 0.625. The third-order valence-corrected chi connectivity index (χ3v) is 4.63. The van der Waals surface area contributed by atoms with E-state index in [1.165, 1.54) is 9.13 Å². The Morgan fingerprint density at radius 2 is 1.96 bits per heavy atom. The fourth-order valence-electron chi connectivity index (χ4n) is 3.17. The second-order valence-corrected chi connectivity index (χ2v) is 6.37. The summed E-state index contributed by atoms with van der Waals surface area (Å²) < 4.78 is 4.54. The van der Waals surface area contributed by atoms with Crippen LogP contribution in [0.3, 0.4) is 0 Å². The summed E-state index contributed by atoms with van der Waals surface area (Å²) in [7, 11) is 1.63. The van der Waals surface area contributed by atoms with E-state index in [-0.39, 0.29) is 23.9 Å². The van der Waals surface area contributed by atoms with Gasteiger partial charge in [0.25, 0.3) is 5.56 Å². The van der Waals surface area contributed by atoms with Gasteiger partial charge in [-0.3, -0.25) is 18.5 Å². The summed E-state index contributed by atoms with van der Waals surface area (Å²) in [5.41, 5.74) is 0.953. The topological polar surface area (TPSA) is 97.7 Å². The maximum absolute atomic E-state index is 13.0. The van der Waals surface area contributed by atoms with Gasteiger partial charge in [-0.2, -0.15) is 10.1 Å². The van der Waals surface area contributed by atoms with Gasteiger partial charge in [0.2, 0.25) is 5.95 Å². The highest BCUT2D eigenvalue weighted by Crippen LogP contribution is 2.29. The number of aliphatic hydroxyl groups is 1. The number of aliphatic hydroxyl groups excluding tert-OH is 1. The zero-order valence-corrected chi connectivity index (χ0v) is 15.1. The van der Waals surface area contributed by atoms with Crippen LogP contribution in [0.5, 0.6) is 0 Å². The molecule has 1 aliphatic rings. The van der Waals surface area contributed by atoms with E-state index in [0.29, 0.717) is 43.0 Å². The lowest BCUT2D eigenvalue weighted by Crippen LogP contribution is -2.40. The van der Waals surface area contributed by atoms with Crippen molar-refractivity contribution < 1.29 is 5.11 Å². The highest BCUT2D eigenvalue weighted by atomic mass is 16.3. The summed E-state index contributed by atoms with van der Waals surface area (Å²) in [6.45, 7) is 6.69. The van der Waals surface area contributed by atoms with Crippen molar-refractivity contribution >= 4 is 22.8 Å². The summed E-state index contributed by atoms with van der Waals surface area (Å²) in [5, 5.41) is 15.4. The molecule has 0 aliphatic carbocycles. The van der Waals surface area contributed by atoms with Crippen LogP contribution >= 0.6 is 0 Å². The SMILES string of the molecule is CCCn1c(=O)c2c(nc3n2[C@H](C)C(C)=NN3CCCO)n(C)c1=O. The summed E-state index contributed by atoms with van der Waals surface area (Å²) >= 11 is 0. The van der Waals surface area contributed by atoms with Crippen LogP contribution in [0.2, 0.25) is 0 Å². The average molecular weight is 348 g/mol. The summed E-state index contributed by atoms with van der Waals surface area (Å²) in [5.74, 6) is 0.530. The Balaban J connectivity index is 2.34. The first-order chi connectivity index (χ1) is 11.9. The molecular formula is C16H24N6O3. The number of hydrogen-bond acceptors (Lipinski definition) is 6. The molecule has 3 heterocycles. The van der Waals surface area contributed by atoms with Crippen LogP contribution in [-0.2, 0) is 13.6 Å². The van der Waals surface area contributed by atoms with Gasteiger partial charge in [-0.05, 0) is 26.7 Å². The number of rotatable bonds is 5. The highest BCUT2D eigenvalue weighted by Gasteiger charge is 2.30. The molecule has 25 heavy (non-hydrogen) atoms. The van der Waals surface area contributed by atoms with Gasteiger partial charge in [0.15, 0.2) is 11.2 Å². The first-order valence-corrected chi connectivity index (χ1v) is 8.57. The van der Waals surface area contributed by atoms with Crippen molar-refractivity contribution in [1.82, 2.24) is 18.7 Å². The minimum absolute atomic E-state index is 0.0443. The molecule has 0 amide bonds. The van der Waals surface area contributed by atoms with Crippen molar-refractivity contribution in [2.75, 3.05) is 18.2 Å². The predicted molar refractivity (Wildman–Crippen MR) is 96.4 cm³/mol. The van der Waals surface area contributed by atoms with Gasteiger partial charge in [-0.25, -0.2) is 9.80 Å². The number of fused-ring (bicyclic) bond motifs is 3. The number of anilines is 1. The molecule has 9 nitrogen and oxygen atoms in total. The van der Waals surface area contributed by atoms with E-state index in [2.05, 4.69) is 10.1 Å². The highest BCUT2D eigenvalue weighted by molar-refractivity contribution is 5.90. The van der Waals surface area contributed by atoms with E-state index in [1.807, 2.05) is 25.3 Å². The van der Waals surface area contributed by atoms with Crippen LogP contribution < -0.4 is 16.3 Å². The normalized spacial score (nSPS) is 17.1. The van der Waals surface area contributed by atoms with Crippen LogP contribution in [0.15, 0.2) is 14.7 Å². The average Bonchev–Trinajstić information content (AvgIpc) is 3.00. The molecule has 0 fully saturated rings. The number of nitrogens with zero attached hydrogens (tertiary/aromatic N) is 6. The van der Waals surface area contributed by atoms with Crippen molar-refractivity contribution in [2.45, 2.75) is 46.2 Å². The Morgan fingerprint density at radius 3 is 2.60 bits per heavy atom. The molecular weight excluding hydrogens is 324 g/mol. The Labute approximate surface area is 144 Å². The molecule has 1 N–H and O–H groups in total. The quantitative estimate of drug-likeness (QED) is 0.846. The van der Waals surface area contributed by atoms with Crippen LogP contribution in [0, 0.1) is 0 Å². The molecule has 9 heteroatoms. The second-order valence-electron chi connectivity index (χ2n) is 6.37. The summed E-state index contributed by atoms with van der Waals surface area (Å²) in [4.78, 5) is 30.0. The molecule has 136 valence electrons. The van der Waals surface area contributed by atoms with E-state index in [0.717, 1.165) is 5.71 Å². The monoisotopic (exact) mass is 348 g/mol. The molecule has 1 atom stereocenters. The van der Waals surface area contributed by atoms with E-state index in [4.69, 9.17) is 5.11 Å². The van der Waals surface area contributed by atoms with Crippen LogP contribution in [0.4, 0.5) is 5.95 Å². The molecule has 0 bridgehead atoms. The number of hydrogen-bond donors (Lipinski definition) is 1. The van der Waals surface area contributed by atoms with Gasteiger partial charge in [0, 0.05) is 26.7 Å². The third kappa shape index (κ3) is 2.58. The van der Waals surface area contributed by atoms with Gasteiger partial charge in [-0.1, -0.05) is 6.92 Å². The van der Waals surface area contributed by atoms with Gasteiger partial charge < -0.3 is 5.11 Å². The zero-order chi connectivity index (χ0) is 18.3. The van der Waals surface area contributed by atoms with Crippen molar-refractivity contribution in [3.63, 3.8) is 0 Å². The lowest BCUT2D eigenvalue weighted by atomic mass is 10.2. The van der Waals surface area contributed by atoms with E-state index in [9.17, 15) is 9.59 Å². The van der Waals surface area contributed by atoms with Gasteiger partial charge >= 0.3 is 5.69 Å². The molecule has 0 saturated heterocycles. The molecule has 0 radical (unpaired) electrons. The molecule has 0 unspecified atom stereocenters. The van der Waals surface area contributed by atoms with E-state index < -0.39 is 0 Å². The molecule has 0 spiro atoms. The summed E-state index contributed by atoms with van der Waals surface area (Å²) in [6.07, 6.45) is 1.23. The maximum Gasteiger partial charge on any atom is 0.332 e. The van der Waals surface area contributed by atoms with Crippen LogP contribution in [-0.4, -0.2) is 42.7 Å². The number of hydrazone groups is 1. The van der Waals surface area contributed by atoms with Gasteiger partial charge in [-0.15, -0.1) is 0 Å². The van der Waals surface area contributed by atoms with Crippen molar-refractivity contribution in [1.29, 1.82) is 0 Å². The molecule has 3 rings (SSSR count). The maximum atomic E-state index is 13.0. The van der Waals surface area contributed by atoms with E-state index in [1.54, 1.807) is 12.1 Å². The van der Waals surface area contributed by atoms with Gasteiger partial charge in [0.1, 0.15) is 0 Å². The zero-order valence-electron chi connectivity index (χ0n) is 15.1.